The fraction of sp³-hybridized carbons (Fsp3) is 0.379. The molecule has 3 aromatic rings. The molecule has 1 aliphatic heterocycles. The van der Waals surface area contributed by atoms with Gasteiger partial charge in [0, 0.05) is 12.2 Å². The maximum atomic E-state index is 10.6. The molecular weight excluding hydrogens is 424 g/mol. The van der Waals surface area contributed by atoms with Crippen LogP contribution in [-0.2, 0) is 0 Å². The molecule has 0 amide bonds. The molecule has 1 saturated heterocycles. The zero-order chi connectivity index (χ0) is 24.1. The van der Waals surface area contributed by atoms with Crippen LogP contribution in [0.2, 0.25) is 0 Å². The number of anilines is 1. The zero-order valence-electron chi connectivity index (χ0n) is 20.5. The van der Waals surface area contributed by atoms with Gasteiger partial charge in [-0.15, -0.1) is 0 Å². The number of hydrogen-bond donors (Lipinski definition) is 2. The summed E-state index contributed by atoms with van der Waals surface area (Å²) in [6, 6.07) is 20.3. The smallest absolute Gasteiger partial charge is 0.127 e. The number of aryl methyl sites for hydroxylation is 1. The molecule has 34 heavy (non-hydrogen) atoms. The summed E-state index contributed by atoms with van der Waals surface area (Å²) in [7, 11) is 0. The van der Waals surface area contributed by atoms with Crippen LogP contribution in [0.4, 0.5) is 5.69 Å². The summed E-state index contributed by atoms with van der Waals surface area (Å²) in [5.74, 6) is 3.09. The van der Waals surface area contributed by atoms with Crippen LogP contribution in [-0.4, -0.2) is 42.4 Å². The number of piperidine rings is 1. The number of likely N-dealkylation sites (tertiary alicyclic amines) is 1. The highest BCUT2D eigenvalue weighted by Crippen LogP contribution is 2.32. The molecule has 5 nitrogen and oxygen atoms in total. The summed E-state index contributed by atoms with van der Waals surface area (Å²) in [6.07, 6.45) is 1.64. The van der Waals surface area contributed by atoms with Crippen molar-refractivity contribution in [3.05, 3.63) is 82.9 Å². The lowest BCUT2D eigenvalue weighted by molar-refractivity contribution is 0.0590. The lowest BCUT2D eigenvalue weighted by Gasteiger charge is -2.33. The van der Waals surface area contributed by atoms with Gasteiger partial charge in [-0.05, 0) is 105 Å². The normalized spacial score (nSPS) is 15.8. The van der Waals surface area contributed by atoms with Gasteiger partial charge in [-0.2, -0.15) is 0 Å². The lowest BCUT2D eigenvalue weighted by Crippen LogP contribution is -2.40. The molecule has 4 rings (SSSR count). The molecule has 3 aromatic carbocycles. The van der Waals surface area contributed by atoms with E-state index in [1.807, 2.05) is 57.2 Å². The second-order valence-electron chi connectivity index (χ2n) is 9.39. The van der Waals surface area contributed by atoms with Crippen LogP contribution in [0.15, 0.2) is 60.7 Å². The van der Waals surface area contributed by atoms with Gasteiger partial charge in [0.05, 0.1) is 0 Å². The van der Waals surface area contributed by atoms with Crippen LogP contribution >= 0.6 is 0 Å². The summed E-state index contributed by atoms with van der Waals surface area (Å²) < 4.78 is 11.9. The number of nitrogens with two attached hydrogens (primary N) is 1. The first kappa shape index (κ1) is 24.1. The Bertz CT molecular complexity index is 1070. The van der Waals surface area contributed by atoms with Crippen molar-refractivity contribution in [2.24, 2.45) is 0 Å². The first-order chi connectivity index (χ1) is 16.4. The Labute approximate surface area is 203 Å². The van der Waals surface area contributed by atoms with Gasteiger partial charge in [-0.3, -0.25) is 0 Å². The summed E-state index contributed by atoms with van der Waals surface area (Å²) in [6.45, 7) is 8.88. The van der Waals surface area contributed by atoms with Gasteiger partial charge in [0.25, 0.3) is 0 Å². The monoisotopic (exact) mass is 460 g/mol. The third kappa shape index (κ3) is 5.91. The number of para-hydroxylation sites is 1. The highest BCUT2D eigenvalue weighted by atomic mass is 16.5. The molecule has 1 atom stereocenters. The fourth-order valence-electron chi connectivity index (χ4n) is 4.72. The number of nitrogens with zero attached hydrogens (tertiary/aromatic N) is 1. The predicted molar refractivity (Wildman–Crippen MR) is 138 cm³/mol. The minimum absolute atomic E-state index is 0.286. The third-order valence-electron chi connectivity index (χ3n) is 6.87. The van der Waals surface area contributed by atoms with E-state index < -0.39 is 6.10 Å². The molecule has 5 heteroatoms. The highest BCUT2D eigenvalue weighted by Gasteiger charge is 2.23. The highest BCUT2D eigenvalue weighted by molar-refractivity contribution is 5.58. The van der Waals surface area contributed by atoms with Crippen LogP contribution in [0.5, 0.6) is 17.2 Å². The topological polar surface area (TPSA) is 68.0 Å². The van der Waals surface area contributed by atoms with Gasteiger partial charge in [0.2, 0.25) is 0 Å². The van der Waals surface area contributed by atoms with Crippen LogP contribution in [0.3, 0.4) is 0 Å². The maximum absolute atomic E-state index is 10.6. The van der Waals surface area contributed by atoms with Crippen LogP contribution < -0.4 is 15.2 Å². The van der Waals surface area contributed by atoms with Crippen molar-refractivity contribution in [2.45, 2.75) is 45.6 Å². The van der Waals surface area contributed by atoms with E-state index in [1.165, 1.54) is 5.56 Å². The molecule has 3 N–H and O–H groups in total. The van der Waals surface area contributed by atoms with E-state index in [-0.39, 0.29) is 6.61 Å². The first-order valence-corrected chi connectivity index (χ1v) is 12.1. The molecule has 1 fully saturated rings. The molecule has 0 spiro atoms. The van der Waals surface area contributed by atoms with Crippen LogP contribution in [0.1, 0.15) is 41.0 Å². The van der Waals surface area contributed by atoms with Gasteiger partial charge in [0.1, 0.15) is 30.0 Å². The number of ether oxygens (including phenoxy) is 2. The number of nitrogen functional groups attached to an aromatic ring is 1. The average molecular weight is 461 g/mol. The number of rotatable bonds is 8. The van der Waals surface area contributed by atoms with E-state index >= 15 is 0 Å². The van der Waals surface area contributed by atoms with Crippen molar-refractivity contribution in [1.29, 1.82) is 0 Å². The van der Waals surface area contributed by atoms with Crippen molar-refractivity contribution in [3.8, 4) is 17.2 Å². The zero-order valence-corrected chi connectivity index (χ0v) is 20.5. The Hall–Kier alpha value is -3.02. The van der Waals surface area contributed by atoms with E-state index in [9.17, 15) is 5.11 Å². The van der Waals surface area contributed by atoms with Crippen molar-refractivity contribution in [1.82, 2.24) is 4.90 Å². The molecule has 0 unspecified atom stereocenters. The Morgan fingerprint density at radius 1 is 0.941 bits per heavy atom. The number of hydrogen-bond acceptors (Lipinski definition) is 5. The standard InChI is InChI=1S/C29H36N2O3/c1-20-17-28(30)21(2)22(3)29(20)33-19-25(32)18-31-15-13-24(14-16-31)23-9-11-27(12-10-23)34-26-7-5-4-6-8-26/h4-12,17,24-25,32H,13-16,18-19,30H2,1-3H3/t25-/m0/s1. The molecule has 0 aromatic heterocycles. The van der Waals surface area contributed by atoms with Gasteiger partial charge in [0.15, 0.2) is 0 Å². The van der Waals surface area contributed by atoms with E-state index in [4.69, 9.17) is 15.2 Å². The molecule has 0 bridgehead atoms. The number of benzene rings is 3. The van der Waals surface area contributed by atoms with Crippen molar-refractivity contribution < 1.29 is 14.6 Å². The minimum atomic E-state index is -0.525. The molecule has 1 aliphatic rings. The molecule has 1 heterocycles. The van der Waals surface area contributed by atoms with Gasteiger partial charge in [-0.25, -0.2) is 0 Å². The van der Waals surface area contributed by atoms with Gasteiger partial charge < -0.3 is 25.2 Å². The van der Waals surface area contributed by atoms with Gasteiger partial charge in [-0.1, -0.05) is 30.3 Å². The fourth-order valence-corrected chi connectivity index (χ4v) is 4.72. The lowest BCUT2D eigenvalue weighted by atomic mass is 9.89. The van der Waals surface area contributed by atoms with Crippen LogP contribution in [0.25, 0.3) is 0 Å². The quantitative estimate of drug-likeness (QED) is 0.428. The van der Waals surface area contributed by atoms with Crippen molar-refractivity contribution in [2.75, 3.05) is 32.0 Å². The van der Waals surface area contributed by atoms with Crippen molar-refractivity contribution >= 4 is 5.69 Å². The SMILES string of the molecule is Cc1cc(N)c(C)c(C)c1OC[C@@H](O)CN1CCC(c2ccc(Oc3ccccc3)cc2)CC1. The largest absolute Gasteiger partial charge is 0.490 e. The first-order valence-electron chi connectivity index (χ1n) is 12.1. The Morgan fingerprint density at radius 2 is 1.59 bits per heavy atom. The maximum Gasteiger partial charge on any atom is 0.127 e. The van der Waals surface area contributed by atoms with E-state index in [0.717, 1.165) is 65.6 Å². The van der Waals surface area contributed by atoms with E-state index in [1.54, 1.807) is 0 Å². The summed E-state index contributed by atoms with van der Waals surface area (Å²) >= 11 is 0. The third-order valence-corrected chi connectivity index (χ3v) is 6.87. The summed E-state index contributed by atoms with van der Waals surface area (Å²) in [5, 5.41) is 10.6. The van der Waals surface area contributed by atoms with E-state index in [2.05, 4.69) is 29.2 Å². The van der Waals surface area contributed by atoms with Crippen molar-refractivity contribution in [3.63, 3.8) is 0 Å². The second-order valence-corrected chi connectivity index (χ2v) is 9.39. The molecular formula is C29H36N2O3. The summed E-state index contributed by atoms with van der Waals surface area (Å²) in [4.78, 5) is 2.34. The number of aliphatic hydroxyl groups is 1. The molecule has 0 aliphatic carbocycles. The second kappa shape index (κ2) is 10.9. The van der Waals surface area contributed by atoms with E-state index in [0.29, 0.717) is 12.5 Å². The number of β-amino-alcohol motifs (C(OH)–C–C–N with tert-alkyl or cyclic N) is 1. The number of aliphatic hydroxyl groups excluding tert-OH is 1. The minimum Gasteiger partial charge on any atom is -0.490 e. The predicted octanol–water partition coefficient (Wildman–Crippen LogP) is 5.61. The molecule has 0 saturated carbocycles. The Balaban J connectivity index is 1.24. The molecule has 0 radical (unpaired) electrons. The van der Waals surface area contributed by atoms with Gasteiger partial charge >= 0.3 is 0 Å². The Morgan fingerprint density at radius 3 is 2.26 bits per heavy atom. The molecule has 180 valence electrons. The average Bonchev–Trinajstić information content (AvgIpc) is 2.84. The van der Waals surface area contributed by atoms with Crippen LogP contribution in [0, 0.1) is 20.8 Å². The Kier molecular flexibility index (Phi) is 7.76. The summed E-state index contributed by atoms with van der Waals surface area (Å²) in [5.41, 5.74) is 11.3.